The summed E-state index contributed by atoms with van der Waals surface area (Å²) in [5, 5.41) is 12.8. The van der Waals surface area contributed by atoms with Gasteiger partial charge in [0.2, 0.25) is 0 Å². The molecule has 6 nitrogen and oxygen atoms in total. The summed E-state index contributed by atoms with van der Waals surface area (Å²) >= 11 is 0. The summed E-state index contributed by atoms with van der Waals surface area (Å²) < 4.78 is 2.36. The minimum absolute atomic E-state index is 0.304. The fraction of sp³-hybridized carbons (Fsp3) is 0.348. The van der Waals surface area contributed by atoms with E-state index in [1.807, 2.05) is 37.3 Å². The Kier molecular flexibility index (Phi) is 4.24. The molecule has 1 aliphatic heterocycles. The molecule has 0 spiro atoms. The lowest BCUT2D eigenvalue weighted by Crippen LogP contribution is -2.16. The van der Waals surface area contributed by atoms with E-state index >= 15 is 0 Å². The topological polar surface area (TPSA) is 75.9 Å². The van der Waals surface area contributed by atoms with Crippen LogP contribution in [0.2, 0.25) is 0 Å². The van der Waals surface area contributed by atoms with Crippen molar-refractivity contribution < 1.29 is 5.11 Å². The van der Waals surface area contributed by atoms with Gasteiger partial charge in [-0.3, -0.25) is 4.98 Å². The molecule has 5 rings (SSSR count). The monoisotopic (exact) mass is 387 g/mol. The fourth-order valence-electron chi connectivity index (χ4n) is 4.58. The number of fused-ring (bicyclic) bond motifs is 5. The maximum atomic E-state index is 9.59. The van der Waals surface area contributed by atoms with Crippen molar-refractivity contribution in [1.82, 2.24) is 19.5 Å². The van der Waals surface area contributed by atoms with Crippen molar-refractivity contribution in [2.75, 3.05) is 11.9 Å². The number of rotatable bonds is 5. The van der Waals surface area contributed by atoms with Crippen LogP contribution in [0.15, 0.2) is 48.7 Å². The van der Waals surface area contributed by atoms with Gasteiger partial charge in [0.25, 0.3) is 0 Å². The van der Waals surface area contributed by atoms with Crippen molar-refractivity contribution in [3.8, 4) is 22.6 Å². The van der Waals surface area contributed by atoms with E-state index in [1.54, 1.807) is 13.1 Å². The Bertz CT molecular complexity index is 1100. The van der Waals surface area contributed by atoms with Gasteiger partial charge in [0.15, 0.2) is 0 Å². The fourth-order valence-corrected chi connectivity index (χ4v) is 4.58. The first-order valence-corrected chi connectivity index (χ1v) is 10.2. The number of pyridine rings is 2. The van der Waals surface area contributed by atoms with Crippen LogP contribution in [-0.2, 0) is 0 Å². The largest absolute Gasteiger partial charge is 0.392 e. The first-order valence-electron chi connectivity index (χ1n) is 10.2. The summed E-state index contributed by atoms with van der Waals surface area (Å²) in [5.41, 5.74) is 6.18. The third kappa shape index (κ3) is 2.95. The number of allylic oxidation sites excluding steroid dienone is 1. The number of nitrogens with one attached hydrogen (secondary N) is 1. The van der Waals surface area contributed by atoms with E-state index in [4.69, 9.17) is 9.97 Å². The Hall–Kier alpha value is -2.99. The minimum Gasteiger partial charge on any atom is -0.392 e. The van der Waals surface area contributed by atoms with E-state index < -0.39 is 6.10 Å². The minimum atomic E-state index is -0.439. The molecule has 0 saturated heterocycles. The molecule has 1 fully saturated rings. The van der Waals surface area contributed by atoms with Gasteiger partial charge in [-0.1, -0.05) is 12.6 Å². The highest BCUT2D eigenvalue weighted by Crippen LogP contribution is 2.55. The molecule has 1 aliphatic carbocycles. The number of nitrogens with zero attached hydrogens (tertiary/aromatic N) is 4. The number of hydrogen-bond donors (Lipinski definition) is 2. The number of aromatic nitrogens is 4. The number of aliphatic hydroxyl groups excluding tert-OH is 1. The maximum Gasteiger partial charge on any atom is 0.126 e. The van der Waals surface area contributed by atoms with Gasteiger partial charge in [-0.05, 0) is 56.5 Å². The van der Waals surface area contributed by atoms with Crippen molar-refractivity contribution in [1.29, 1.82) is 0 Å². The van der Waals surface area contributed by atoms with Gasteiger partial charge in [0, 0.05) is 29.9 Å². The van der Waals surface area contributed by atoms with Crippen molar-refractivity contribution >= 4 is 5.82 Å². The lowest BCUT2D eigenvalue weighted by Gasteiger charge is -2.17. The summed E-state index contributed by atoms with van der Waals surface area (Å²) in [4.78, 5) is 14.2. The summed E-state index contributed by atoms with van der Waals surface area (Å²) in [6.07, 6.45) is 3.59. The quantitative estimate of drug-likeness (QED) is 0.645. The average molecular weight is 387 g/mol. The van der Waals surface area contributed by atoms with E-state index in [9.17, 15) is 5.11 Å². The Morgan fingerprint density at radius 1 is 1.28 bits per heavy atom. The average Bonchev–Trinajstić information content (AvgIpc) is 3.35. The third-order valence-corrected chi connectivity index (χ3v) is 5.91. The Morgan fingerprint density at radius 3 is 2.93 bits per heavy atom. The molecule has 29 heavy (non-hydrogen) atoms. The van der Waals surface area contributed by atoms with Crippen LogP contribution in [0, 0.1) is 6.92 Å². The van der Waals surface area contributed by atoms with Crippen LogP contribution < -0.4 is 5.32 Å². The number of imidazole rings is 1. The van der Waals surface area contributed by atoms with E-state index in [0.29, 0.717) is 18.5 Å². The van der Waals surface area contributed by atoms with Crippen LogP contribution in [0.4, 0.5) is 5.82 Å². The summed E-state index contributed by atoms with van der Waals surface area (Å²) in [5.74, 6) is 2.19. The highest BCUT2D eigenvalue weighted by Gasteiger charge is 2.44. The van der Waals surface area contributed by atoms with E-state index in [0.717, 1.165) is 52.8 Å². The van der Waals surface area contributed by atoms with Gasteiger partial charge in [-0.25, -0.2) is 9.97 Å². The normalized spacial score (nSPS) is 20.7. The van der Waals surface area contributed by atoms with Crippen molar-refractivity contribution in [2.24, 2.45) is 0 Å². The Balaban J connectivity index is 1.67. The van der Waals surface area contributed by atoms with E-state index in [-0.39, 0.29) is 0 Å². The van der Waals surface area contributed by atoms with E-state index in [1.165, 1.54) is 5.57 Å². The second-order valence-electron chi connectivity index (χ2n) is 8.08. The highest BCUT2D eigenvalue weighted by atomic mass is 16.3. The van der Waals surface area contributed by atoms with Crippen LogP contribution >= 0.6 is 0 Å². The Labute approximate surface area is 170 Å². The van der Waals surface area contributed by atoms with Crippen LogP contribution in [-0.4, -0.2) is 37.3 Å². The third-order valence-electron chi connectivity index (χ3n) is 5.91. The van der Waals surface area contributed by atoms with Crippen LogP contribution in [0.3, 0.4) is 0 Å². The molecule has 148 valence electrons. The second-order valence-corrected chi connectivity index (χ2v) is 8.08. The molecular weight excluding hydrogens is 362 g/mol. The van der Waals surface area contributed by atoms with Gasteiger partial charge < -0.3 is 15.0 Å². The number of anilines is 1. The molecule has 1 saturated carbocycles. The molecule has 3 aromatic heterocycles. The zero-order valence-electron chi connectivity index (χ0n) is 16.8. The molecule has 3 aromatic rings. The first-order chi connectivity index (χ1) is 14.0. The zero-order valence-corrected chi connectivity index (χ0v) is 16.8. The van der Waals surface area contributed by atoms with E-state index in [2.05, 4.69) is 21.4 Å². The highest BCUT2D eigenvalue weighted by molar-refractivity contribution is 5.79. The van der Waals surface area contributed by atoms with Gasteiger partial charge in [0.1, 0.15) is 17.3 Å². The molecule has 6 heteroatoms. The molecule has 3 atom stereocenters. The lowest BCUT2D eigenvalue weighted by molar-refractivity contribution is 0.208. The molecule has 2 bridgehead atoms. The van der Waals surface area contributed by atoms with Gasteiger partial charge in [0.05, 0.1) is 23.5 Å². The molecule has 2 aliphatic rings. The zero-order chi connectivity index (χ0) is 20.1. The maximum absolute atomic E-state index is 9.59. The number of aliphatic hydroxyl groups is 1. The first kappa shape index (κ1) is 18.1. The summed E-state index contributed by atoms with van der Waals surface area (Å²) in [6, 6.07) is 10.4. The molecule has 0 unspecified atom stereocenters. The molecular formula is C23H25N5O. The number of aryl methyl sites for hydroxylation is 1. The second kappa shape index (κ2) is 6.81. The predicted molar refractivity (Wildman–Crippen MR) is 114 cm³/mol. The predicted octanol–water partition coefficient (Wildman–Crippen LogP) is 4.10. The van der Waals surface area contributed by atoms with Crippen LogP contribution in [0.5, 0.6) is 0 Å². The molecule has 0 radical (unpaired) electrons. The molecule has 0 aromatic carbocycles. The molecule has 0 amide bonds. The standard InChI is InChI=1S/C23H25N5O/c1-13-5-4-6-18(26-13)21-22(16-9-10-24-20(11-16)25-12-14(2)29)28-19-8-7-17(15(19)3)23(28)27-21/h4-6,9-11,14,17,19,29H,3,7-8,12H2,1-2H3,(H,24,25)/t14-,17+,19-/m0/s1. The lowest BCUT2D eigenvalue weighted by atomic mass is 10.1. The number of hydrogen-bond acceptors (Lipinski definition) is 5. The van der Waals surface area contributed by atoms with Crippen molar-refractivity contribution in [3.05, 3.63) is 60.2 Å². The van der Waals surface area contributed by atoms with Gasteiger partial charge in [-0.15, -0.1) is 0 Å². The van der Waals surface area contributed by atoms with Gasteiger partial charge in [-0.2, -0.15) is 0 Å². The summed E-state index contributed by atoms with van der Waals surface area (Å²) in [6.45, 7) is 8.57. The smallest absolute Gasteiger partial charge is 0.126 e. The SMILES string of the molecule is C=C1[C@H]2CC[C@@H]1n1c2nc(-c2cccc(C)n2)c1-c1ccnc(NC[C@H](C)O)c1. The Morgan fingerprint density at radius 2 is 2.14 bits per heavy atom. The van der Waals surface area contributed by atoms with Crippen LogP contribution in [0.25, 0.3) is 22.6 Å². The van der Waals surface area contributed by atoms with Gasteiger partial charge >= 0.3 is 0 Å². The molecule has 4 heterocycles. The molecule has 2 N–H and O–H groups in total. The van der Waals surface area contributed by atoms with Crippen molar-refractivity contribution in [2.45, 2.75) is 44.8 Å². The van der Waals surface area contributed by atoms with Crippen molar-refractivity contribution in [3.63, 3.8) is 0 Å². The summed E-state index contributed by atoms with van der Waals surface area (Å²) in [7, 11) is 0. The van der Waals surface area contributed by atoms with Crippen LogP contribution in [0.1, 0.15) is 43.2 Å².